The van der Waals surface area contributed by atoms with Gasteiger partial charge in [0.2, 0.25) is 0 Å². The molecule has 0 bridgehead atoms. The monoisotopic (exact) mass is 989 g/mol. The number of rotatable bonds is 54. The minimum Gasteiger partial charge on any atom is -0.462 e. The Morgan fingerprint density at radius 1 is 0.282 bits per heavy atom. The third-order valence-electron chi connectivity index (χ3n) is 12.8. The highest BCUT2D eigenvalue weighted by atomic mass is 16.6. The lowest BCUT2D eigenvalue weighted by atomic mass is 10.1. The lowest BCUT2D eigenvalue weighted by Gasteiger charge is -2.18. The van der Waals surface area contributed by atoms with E-state index in [4.69, 9.17) is 14.2 Å². The SMILES string of the molecule is CCCCC/C=C\C/C=C\C/C=C\C/C=C\CCCC(=O)OC[C@H](COC(=O)CCCCCCCCC/C=C\CCCCCCCC)OC(=O)CCCCCCCCCCC/C=C\C/C=C\CCCCC. The third-order valence-corrected chi connectivity index (χ3v) is 12.8. The highest BCUT2D eigenvalue weighted by Crippen LogP contribution is 2.15. The normalized spacial score (nSPS) is 12.7. The molecule has 1 atom stereocenters. The minimum atomic E-state index is -0.804. The Balaban J connectivity index is 4.47. The maximum atomic E-state index is 12.9. The van der Waals surface area contributed by atoms with Gasteiger partial charge in [-0.1, -0.05) is 241 Å². The van der Waals surface area contributed by atoms with Crippen molar-refractivity contribution in [2.45, 2.75) is 297 Å². The molecule has 0 aromatic heterocycles. The van der Waals surface area contributed by atoms with Crippen LogP contribution >= 0.6 is 0 Å². The summed E-state index contributed by atoms with van der Waals surface area (Å²) < 4.78 is 16.8. The van der Waals surface area contributed by atoms with E-state index in [1.807, 2.05) is 0 Å². The first-order valence-corrected chi connectivity index (χ1v) is 30.1. The number of hydrogen-bond donors (Lipinski definition) is 0. The number of carbonyl (C=O) groups is 3. The van der Waals surface area contributed by atoms with Gasteiger partial charge in [-0.2, -0.15) is 0 Å². The summed E-state index contributed by atoms with van der Waals surface area (Å²) in [5.41, 5.74) is 0. The molecule has 0 aliphatic rings. The Labute approximate surface area is 439 Å². The summed E-state index contributed by atoms with van der Waals surface area (Å²) in [5.74, 6) is -0.956. The third kappa shape index (κ3) is 57.4. The lowest BCUT2D eigenvalue weighted by Crippen LogP contribution is -2.30. The second-order valence-corrected chi connectivity index (χ2v) is 19.9. The van der Waals surface area contributed by atoms with Crippen molar-refractivity contribution in [3.8, 4) is 0 Å². The minimum absolute atomic E-state index is 0.0969. The van der Waals surface area contributed by atoms with E-state index < -0.39 is 6.10 Å². The van der Waals surface area contributed by atoms with Gasteiger partial charge in [0.1, 0.15) is 13.2 Å². The summed E-state index contributed by atoms with van der Waals surface area (Å²) in [6.45, 7) is 6.55. The number of allylic oxidation sites excluding steroid dienone is 14. The molecule has 71 heavy (non-hydrogen) atoms. The lowest BCUT2D eigenvalue weighted by molar-refractivity contribution is -0.167. The number of hydrogen-bond acceptors (Lipinski definition) is 6. The molecule has 0 radical (unpaired) electrons. The first-order chi connectivity index (χ1) is 35.0. The summed E-state index contributed by atoms with van der Waals surface area (Å²) in [7, 11) is 0. The van der Waals surface area contributed by atoms with Crippen LogP contribution in [-0.4, -0.2) is 37.2 Å². The Morgan fingerprint density at radius 2 is 0.521 bits per heavy atom. The molecular weight excluding hydrogens is 877 g/mol. The predicted molar refractivity (Wildman–Crippen MR) is 307 cm³/mol. The Hall–Kier alpha value is -3.41. The van der Waals surface area contributed by atoms with Gasteiger partial charge in [-0.3, -0.25) is 14.4 Å². The zero-order chi connectivity index (χ0) is 51.4. The van der Waals surface area contributed by atoms with Crippen molar-refractivity contribution >= 4 is 17.9 Å². The van der Waals surface area contributed by atoms with Crippen LogP contribution in [0.15, 0.2) is 85.1 Å². The van der Waals surface area contributed by atoms with Crippen LogP contribution in [0.25, 0.3) is 0 Å². The molecule has 0 aliphatic carbocycles. The van der Waals surface area contributed by atoms with Gasteiger partial charge in [-0.15, -0.1) is 0 Å². The quantitative estimate of drug-likeness (QED) is 0.0261. The average Bonchev–Trinajstić information content (AvgIpc) is 3.37. The highest BCUT2D eigenvalue weighted by Gasteiger charge is 2.19. The van der Waals surface area contributed by atoms with Crippen LogP contribution in [0.1, 0.15) is 290 Å². The molecule has 0 saturated heterocycles. The van der Waals surface area contributed by atoms with E-state index in [1.165, 1.54) is 173 Å². The summed E-state index contributed by atoms with van der Waals surface area (Å²) in [5, 5.41) is 0. The summed E-state index contributed by atoms with van der Waals surface area (Å²) in [6, 6.07) is 0. The van der Waals surface area contributed by atoms with Crippen LogP contribution < -0.4 is 0 Å². The molecule has 0 heterocycles. The molecule has 6 heteroatoms. The van der Waals surface area contributed by atoms with Crippen molar-refractivity contribution < 1.29 is 28.6 Å². The molecule has 0 rings (SSSR count). The van der Waals surface area contributed by atoms with Crippen LogP contribution in [0.4, 0.5) is 0 Å². The van der Waals surface area contributed by atoms with Gasteiger partial charge in [0.15, 0.2) is 6.10 Å². The van der Waals surface area contributed by atoms with Crippen molar-refractivity contribution in [2.24, 2.45) is 0 Å². The maximum absolute atomic E-state index is 12.9. The van der Waals surface area contributed by atoms with Crippen LogP contribution in [-0.2, 0) is 28.6 Å². The summed E-state index contributed by atoms with van der Waals surface area (Å²) >= 11 is 0. The fraction of sp³-hybridized carbons (Fsp3) is 0.738. The first-order valence-electron chi connectivity index (χ1n) is 30.1. The van der Waals surface area contributed by atoms with Gasteiger partial charge >= 0.3 is 17.9 Å². The van der Waals surface area contributed by atoms with Gasteiger partial charge in [0.05, 0.1) is 0 Å². The molecule has 6 nitrogen and oxygen atoms in total. The molecular formula is C65H112O6. The molecule has 0 spiro atoms. The fourth-order valence-corrected chi connectivity index (χ4v) is 8.28. The molecule has 0 aliphatic heterocycles. The summed E-state index contributed by atoms with van der Waals surface area (Å²) in [6.07, 6.45) is 77.2. The molecule has 0 saturated carbocycles. The smallest absolute Gasteiger partial charge is 0.306 e. The number of esters is 3. The first kappa shape index (κ1) is 67.6. The highest BCUT2D eigenvalue weighted by molar-refractivity contribution is 5.71. The van der Waals surface area contributed by atoms with Gasteiger partial charge < -0.3 is 14.2 Å². The van der Waals surface area contributed by atoms with Crippen LogP contribution in [0.5, 0.6) is 0 Å². The second kappa shape index (κ2) is 59.2. The van der Waals surface area contributed by atoms with Crippen molar-refractivity contribution in [1.29, 1.82) is 0 Å². The maximum Gasteiger partial charge on any atom is 0.306 e. The van der Waals surface area contributed by atoms with Crippen molar-refractivity contribution in [3.63, 3.8) is 0 Å². The topological polar surface area (TPSA) is 78.9 Å². The molecule has 0 N–H and O–H groups in total. The van der Waals surface area contributed by atoms with Crippen LogP contribution in [0.2, 0.25) is 0 Å². The van der Waals surface area contributed by atoms with Crippen molar-refractivity contribution in [2.75, 3.05) is 13.2 Å². The molecule has 0 amide bonds. The summed E-state index contributed by atoms with van der Waals surface area (Å²) in [4.78, 5) is 38.2. The standard InChI is InChI=1S/C65H112O6/c1-4-7-10-13-16-19-22-25-28-31-32-35-38-41-44-47-50-53-56-59-65(68)71-62(60-69-63(66)57-54-51-48-45-42-39-36-33-29-26-23-20-17-14-11-8-5-2)61-70-64(67)58-55-52-49-46-43-40-37-34-30-27-24-21-18-15-12-9-6-3/h16-17,19-20,25-30,36,39,45,48,62H,4-15,18,21-24,31-35,37-38,40-44,46-47,49-61H2,1-3H3/b19-16-,20-17-,28-25-,29-26-,30-27-,39-36-,48-45-/t62-/m1/s1. The van der Waals surface area contributed by atoms with E-state index in [1.54, 1.807) is 0 Å². The fourth-order valence-electron chi connectivity index (χ4n) is 8.28. The molecule has 408 valence electrons. The van der Waals surface area contributed by atoms with Gasteiger partial charge in [0.25, 0.3) is 0 Å². The van der Waals surface area contributed by atoms with E-state index in [9.17, 15) is 14.4 Å². The Kier molecular flexibility index (Phi) is 56.3. The van der Waals surface area contributed by atoms with Gasteiger partial charge in [-0.05, 0) is 116 Å². The van der Waals surface area contributed by atoms with Gasteiger partial charge in [-0.25, -0.2) is 0 Å². The molecule has 0 fully saturated rings. The second-order valence-electron chi connectivity index (χ2n) is 19.9. The van der Waals surface area contributed by atoms with Gasteiger partial charge in [0, 0.05) is 19.3 Å². The van der Waals surface area contributed by atoms with Crippen LogP contribution in [0.3, 0.4) is 0 Å². The number of ether oxygens (including phenoxy) is 3. The number of unbranched alkanes of at least 4 members (excludes halogenated alkanes) is 29. The average molecular weight is 990 g/mol. The van der Waals surface area contributed by atoms with E-state index in [0.717, 1.165) is 70.6 Å². The van der Waals surface area contributed by atoms with E-state index in [2.05, 4.69) is 106 Å². The number of carbonyl (C=O) groups excluding carboxylic acids is 3. The van der Waals surface area contributed by atoms with Crippen LogP contribution in [0, 0.1) is 0 Å². The zero-order valence-electron chi connectivity index (χ0n) is 46.7. The molecule has 0 aromatic carbocycles. The largest absolute Gasteiger partial charge is 0.462 e. The van der Waals surface area contributed by atoms with E-state index >= 15 is 0 Å². The molecule has 0 unspecified atom stereocenters. The van der Waals surface area contributed by atoms with Crippen molar-refractivity contribution in [3.05, 3.63) is 85.1 Å². The molecule has 0 aromatic rings. The Bertz CT molecular complexity index is 1370. The van der Waals surface area contributed by atoms with E-state index in [-0.39, 0.29) is 37.5 Å². The Morgan fingerprint density at radius 3 is 0.887 bits per heavy atom. The van der Waals surface area contributed by atoms with E-state index in [0.29, 0.717) is 19.3 Å². The van der Waals surface area contributed by atoms with Crippen molar-refractivity contribution in [1.82, 2.24) is 0 Å². The zero-order valence-corrected chi connectivity index (χ0v) is 46.7. The predicted octanol–water partition coefficient (Wildman–Crippen LogP) is 20.3.